The number of hydrogen-bond acceptors (Lipinski definition) is 3. The summed E-state index contributed by atoms with van der Waals surface area (Å²) >= 11 is 4.76. The Morgan fingerprint density at radius 2 is 2.28 bits per heavy atom. The Kier molecular flexibility index (Phi) is 5.67. The molecule has 18 heavy (non-hydrogen) atoms. The van der Waals surface area contributed by atoms with Gasteiger partial charge in [-0.1, -0.05) is 18.3 Å². The highest BCUT2D eigenvalue weighted by Crippen LogP contribution is 2.08. The minimum Gasteiger partial charge on any atom is -0.393 e. The van der Waals surface area contributed by atoms with Gasteiger partial charge in [0.05, 0.1) is 11.5 Å². The van der Waals surface area contributed by atoms with Gasteiger partial charge in [0.25, 0.3) is 0 Å². The lowest BCUT2D eigenvalue weighted by Gasteiger charge is -2.15. The van der Waals surface area contributed by atoms with E-state index in [0.717, 1.165) is 0 Å². The van der Waals surface area contributed by atoms with Crippen LogP contribution in [0.1, 0.15) is 6.42 Å². The summed E-state index contributed by atoms with van der Waals surface area (Å²) in [7, 11) is 1.80. The molecule has 4 nitrogen and oxygen atoms in total. The predicted molar refractivity (Wildman–Crippen MR) is 73.9 cm³/mol. The summed E-state index contributed by atoms with van der Waals surface area (Å²) in [4.78, 5) is 13.9. The third-order valence-electron chi connectivity index (χ3n) is 2.26. The van der Waals surface area contributed by atoms with Crippen molar-refractivity contribution in [1.82, 2.24) is 4.90 Å². The number of carbonyl (C=O) groups excluding carboxylic acids is 1. The molecule has 6 heteroatoms. The summed E-state index contributed by atoms with van der Waals surface area (Å²) in [6.07, 6.45) is 0.569. The van der Waals surface area contributed by atoms with Crippen molar-refractivity contribution in [3.8, 4) is 0 Å². The van der Waals surface area contributed by atoms with Crippen molar-refractivity contribution in [3.63, 3.8) is 0 Å². The molecule has 1 aromatic rings. The van der Waals surface area contributed by atoms with Crippen LogP contribution < -0.4 is 11.1 Å². The zero-order chi connectivity index (χ0) is 13.5. The molecule has 3 N–H and O–H groups in total. The number of rotatable bonds is 6. The lowest BCUT2D eigenvalue weighted by atomic mass is 10.3. The second kappa shape index (κ2) is 7.03. The molecule has 0 atom stereocenters. The maximum Gasteiger partial charge on any atom is 0.238 e. The molecule has 0 fully saturated rings. The van der Waals surface area contributed by atoms with Gasteiger partial charge in [-0.2, -0.15) is 0 Å². The van der Waals surface area contributed by atoms with Crippen LogP contribution >= 0.6 is 12.2 Å². The van der Waals surface area contributed by atoms with E-state index in [1.807, 2.05) is 0 Å². The monoisotopic (exact) mass is 269 g/mol. The van der Waals surface area contributed by atoms with Crippen molar-refractivity contribution in [1.29, 1.82) is 0 Å². The van der Waals surface area contributed by atoms with E-state index >= 15 is 0 Å². The number of halogens is 1. The minimum atomic E-state index is -0.380. The Morgan fingerprint density at radius 3 is 2.89 bits per heavy atom. The van der Waals surface area contributed by atoms with Gasteiger partial charge in [-0.25, -0.2) is 4.39 Å². The van der Waals surface area contributed by atoms with E-state index in [9.17, 15) is 9.18 Å². The molecule has 0 saturated heterocycles. The van der Waals surface area contributed by atoms with Crippen LogP contribution in [0.3, 0.4) is 0 Å². The van der Waals surface area contributed by atoms with E-state index in [2.05, 4.69) is 5.32 Å². The van der Waals surface area contributed by atoms with Crippen molar-refractivity contribution in [3.05, 3.63) is 30.1 Å². The van der Waals surface area contributed by atoms with Gasteiger partial charge in [0.15, 0.2) is 0 Å². The van der Waals surface area contributed by atoms with Crippen molar-refractivity contribution >= 4 is 28.8 Å². The number of benzene rings is 1. The van der Waals surface area contributed by atoms with Crippen molar-refractivity contribution < 1.29 is 9.18 Å². The first-order chi connectivity index (χ1) is 8.47. The maximum absolute atomic E-state index is 12.9. The molecule has 0 aliphatic heterocycles. The van der Waals surface area contributed by atoms with Crippen LogP contribution in [0.2, 0.25) is 0 Å². The molecule has 0 bridgehead atoms. The highest BCUT2D eigenvalue weighted by atomic mass is 32.1. The lowest BCUT2D eigenvalue weighted by molar-refractivity contribution is -0.117. The normalized spacial score (nSPS) is 10.4. The standard InChI is InChI=1S/C12H16FN3OS/c1-16(6-5-11(14)18)8-12(17)15-10-4-2-3-9(13)7-10/h2-4,7H,5-6,8H2,1H3,(H2,14,18)(H,15,17). The molecule has 0 spiro atoms. The Morgan fingerprint density at radius 1 is 1.56 bits per heavy atom. The van der Waals surface area contributed by atoms with Crippen molar-refractivity contribution in [2.45, 2.75) is 6.42 Å². The summed E-state index contributed by atoms with van der Waals surface area (Å²) in [5, 5.41) is 2.62. The zero-order valence-electron chi connectivity index (χ0n) is 10.1. The number of amides is 1. The average molecular weight is 269 g/mol. The lowest BCUT2D eigenvalue weighted by Crippen LogP contribution is -2.32. The van der Waals surface area contributed by atoms with Crippen LogP contribution in [-0.2, 0) is 4.79 Å². The van der Waals surface area contributed by atoms with Gasteiger partial charge in [0, 0.05) is 18.7 Å². The molecular formula is C12H16FN3OS. The van der Waals surface area contributed by atoms with E-state index in [4.69, 9.17) is 18.0 Å². The van der Waals surface area contributed by atoms with Gasteiger partial charge >= 0.3 is 0 Å². The number of hydrogen-bond donors (Lipinski definition) is 2. The van der Waals surface area contributed by atoms with Crippen LogP contribution in [0.4, 0.5) is 10.1 Å². The van der Waals surface area contributed by atoms with Gasteiger partial charge in [-0.05, 0) is 25.2 Å². The van der Waals surface area contributed by atoms with Crippen LogP contribution in [-0.4, -0.2) is 35.9 Å². The first kappa shape index (κ1) is 14.5. The van der Waals surface area contributed by atoms with Crippen LogP contribution in [0.5, 0.6) is 0 Å². The number of nitrogens with two attached hydrogens (primary N) is 1. The third-order valence-corrected chi connectivity index (χ3v) is 2.47. The smallest absolute Gasteiger partial charge is 0.238 e. The molecule has 0 radical (unpaired) electrons. The summed E-state index contributed by atoms with van der Waals surface area (Å²) < 4.78 is 12.9. The fraction of sp³-hybridized carbons (Fsp3) is 0.333. The Labute approximate surface area is 111 Å². The van der Waals surface area contributed by atoms with E-state index in [-0.39, 0.29) is 18.3 Å². The molecule has 0 heterocycles. The second-order valence-electron chi connectivity index (χ2n) is 4.01. The highest BCUT2D eigenvalue weighted by molar-refractivity contribution is 7.80. The van der Waals surface area contributed by atoms with E-state index in [1.165, 1.54) is 12.1 Å². The summed E-state index contributed by atoms with van der Waals surface area (Å²) in [5.41, 5.74) is 5.82. The van der Waals surface area contributed by atoms with Crippen LogP contribution in [0.25, 0.3) is 0 Å². The summed E-state index contributed by atoms with van der Waals surface area (Å²) in [6, 6.07) is 5.77. The topological polar surface area (TPSA) is 58.4 Å². The number of nitrogens with zero attached hydrogens (tertiary/aromatic N) is 1. The number of likely N-dealkylation sites (N-methyl/N-ethyl adjacent to an activating group) is 1. The Hall–Kier alpha value is -1.53. The van der Waals surface area contributed by atoms with Crippen LogP contribution in [0.15, 0.2) is 24.3 Å². The van der Waals surface area contributed by atoms with Crippen molar-refractivity contribution in [2.75, 3.05) is 25.5 Å². The largest absolute Gasteiger partial charge is 0.393 e. The molecule has 0 aromatic heterocycles. The van der Waals surface area contributed by atoms with E-state index in [1.54, 1.807) is 24.1 Å². The highest BCUT2D eigenvalue weighted by Gasteiger charge is 2.07. The predicted octanol–water partition coefficient (Wildman–Crippen LogP) is 1.37. The number of nitrogens with one attached hydrogen (secondary N) is 1. The molecule has 0 aliphatic carbocycles. The summed E-state index contributed by atoms with van der Waals surface area (Å²) in [6.45, 7) is 0.824. The van der Waals surface area contributed by atoms with E-state index in [0.29, 0.717) is 23.6 Å². The number of anilines is 1. The molecule has 1 rings (SSSR count). The molecule has 0 aliphatic rings. The molecule has 0 unspecified atom stereocenters. The summed E-state index contributed by atoms with van der Waals surface area (Å²) in [5.74, 6) is -0.583. The Balaban J connectivity index is 2.39. The average Bonchev–Trinajstić information content (AvgIpc) is 2.26. The third kappa shape index (κ3) is 5.70. The Bertz CT molecular complexity index is 439. The van der Waals surface area contributed by atoms with Gasteiger partial charge < -0.3 is 11.1 Å². The number of carbonyl (C=O) groups is 1. The SMILES string of the molecule is CN(CCC(N)=S)CC(=O)Nc1cccc(F)c1. The van der Waals surface area contributed by atoms with Gasteiger partial charge in [0.2, 0.25) is 5.91 Å². The first-order valence-electron chi connectivity index (χ1n) is 5.49. The fourth-order valence-electron chi connectivity index (χ4n) is 1.39. The quantitative estimate of drug-likeness (QED) is 0.766. The molecule has 0 saturated carbocycles. The molecule has 1 aromatic carbocycles. The second-order valence-corrected chi connectivity index (χ2v) is 4.54. The minimum absolute atomic E-state index is 0.203. The molecule has 1 amide bonds. The maximum atomic E-state index is 12.9. The van der Waals surface area contributed by atoms with Gasteiger partial charge in [0.1, 0.15) is 5.82 Å². The molecular weight excluding hydrogens is 253 g/mol. The van der Waals surface area contributed by atoms with Crippen molar-refractivity contribution in [2.24, 2.45) is 5.73 Å². The number of thiocarbonyl (C=S) groups is 1. The molecule has 98 valence electrons. The van der Waals surface area contributed by atoms with Crippen LogP contribution in [0, 0.1) is 5.82 Å². The van der Waals surface area contributed by atoms with Gasteiger partial charge in [-0.15, -0.1) is 0 Å². The van der Waals surface area contributed by atoms with E-state index < -0.39 is 0 Å². The van der Waals surface area contributed by atoms with Gasteiger partial charge in [-0.3, -0.25) is 9.69 Å². The zero-order valence-corrected chi connectivity index (χ0v) is 11.0. The fourth-order valence-corrected chi connectivity index (χ4v) is 1.48. The first-order valence-corrected chi connectivity index (χ1v) is 5.90.